The summed E-state index contributed by atoms with van der Waals surface area (Å²) in [6, 6.07) is 15.9. The molecule has 1 aliphatic carbocycles. The fraction of sp³-hybridized carbons (Fsp3) is 0.346. The Hall–Kier alpha value is -3.41. The molecular weight excluding hydrogens is 404 g/mol. The van der Waals surface area contributed by atoms with Crippen molar-refractivity contribution in [2.24, 2.45) is 0 Å². The Morgan fingerprint density at radius 3 is 2.69 bits per heavy atom. The van der Waals surface area contributed by atoms with Gasteiger partial charge < -0.3 is 14.5 Å². The van der Waals surface area contributed by atoms with Gasteiger partial charge in [0, 0.05) is 12.0 Å². The number of carbonyl (C=O) groups excluding carboxylic acids is 2. The SMILES string of the molecule is CC(NC(=O)COC(=O)CCc1ncc(-c2ccccc2)o1)c1ccc2c(c1)CCCC2. The zero-order valence-corrected chi connectivity index (χ0v) is 18.3. The van der Waals surface area contributed by atoms with Crippen LogP contribution in [0.25, 0.3) is 11.3 Å². The monoisotopic (exact) mass is 432 g/mol. The van der Waals surface area contributed by atoms with Gasteiger partial charge in [-0.25, -0.2) is 4.98 Å². The van der Waals surface area contributed by atoms with E-state index in [4.69, 9.17) is 9.15 Å². The summed E-state index contributed by atoms with van der Waals surface area (Å²) in [4.78, 5) is 28.5. The number of benzene rings is 2. The zero-order chi connectivity index (χ0) is 22.3. The van der Waals surface area contributed by atoms with Crippen LogP contribution in [0, 0.1) is 0 Å². The molecule has 0 radical (unpaired) electrons. The van der Waals surface area contributed by atoms with Crippen LogP contribution in [0.4, 0.5) is 0 Å². The van der Waals surface area contributed by atoms with Crippen LogP contribution in [-0.4, -0.2) is 23.5 Å². The molecule has 1 unspecified atom stereocenters. The van der Waals surface area contributed by atoms with Crippen LogP contribution in [0.1, 0.15) is 54.8 Å². The Labute approximate surface area is 188 Å². The number of carbonyl (C=O) groups is 2. The predicted octanol–water partition coefficient (Wildman–Crippen LogP) is 4.57. The molecule has 0 saturated heterocycles. The second-order valence-corrected chi connectivity index (χ2v) is 8.17. The van der Waals surface area contributed by atoms with E-state index in [1.54, 1.807) is 6.20 Å². The number of amides is 1. The van der Waals surface area contributed by atoms with Gasteiger partial charge in [-0.05, 0) is 49.3 Å². The number of fused-ring (bicyclic) bond motifs is 1. The quantitative estimate of drug-likeness (QED) is 0.527. The van der Waals surface area contributed by atoms with Gasteiger partial charge in [0.1, 0.15) is 0 Å². The van der Waals surface area contributed by atoms with Gasteiger partial charge in [-0.1, -0.05) is 48.5 Å². The molecule has 32 heavy (non-hydrogen) atoms. The molecule has 4 rings (SSSR count). The fourth-order valence-electron chi connectivity index (χ4n) is 3.98. The molecule has 3 aromatic rings. The summed E-state index contributed by atoms with van der Waals surface area (Å²) in [6.45, 7) is 1.64. The molecule has 0 bridgehead atoms. The molecule has 2 aromatic carbocycles. The molecule has 1 N–H and O–H groups in total. The first-order valence-corrected chi connectivity index (χ1v) is 11.2. The van der Waals surface area contributed by atoms with E-state index in [1.165, 1.54) is 24.0 Å². The van der Waals surface area contributed by atoms with Gasteiger partial charge in [0.15, 0.2) is 18.3 Å². The number of aryl methyl sites for hydroxylation is 3. The van der Waals surface area contributed by atoms with Crippen molar-refractivity contribution in [3.63, 3.8) is 0 Å². The normalized spacial score (nSPS) is 13.8. The van der Waals surface area contributed by atoms with E-state index in [0.717, 1.165) is 24.0 Å². The smallest absolute Gasteiger partial charge is 0.306 e. The Bertz CT molecular complexity index is 1070. The van der Waals surface area contributed by atoms with Gasteiger partial charge >= 0.3 is 5.97 Å². The second-order valence-electron chi connectivity index (χ2n) is 8.17. The molecule has 0 aliphatic heterocycles. The van der Waals surface area contributed by atoms with Crippen molar-refractivity contribution in [3.8, 4) is 11.3 Å². The molecule has 0 saturated carbocycles. The number of aromatic nitrogens is 1. The standard InChI is InChI=1S/C26H28N2O4/c1-18(21-12-11-19-7-5-6-10-22(19)15-21)28-24(29)17-31-26(30)14-13-25-27-16-23(32-25)20-8-3-2-4-9-20/h2-4,8-9,11-12,15-16,18H,5-7,10,13-14,17H2,1H3,(H,28,29). The van der Waals surface area contributed by atoms with Crippen molar-refractivity contribution in [1.29, 1.82) is 0 Å². The lowest BCUT2D eigenvalue weighted by molar-refractivity contribution is -0.148. The lowest BCUT2D eigenvalue weighted by Crippen LogP contribution is -2.31. The highest BCUT2D eigenvalue weighted by atomic mass is 16.5. The minimum atomic E-state index is -0.457. The van der Waals surface area contributed by atoms with Crippen LogP contribution in [-0.2, 0) is 33.6 Å². The predicted molar refractivity (Wildman–Crippen MR) is 121 cm³/mol. The Balaban J connectivity index is 1.20. The molecule has 6 heteroatoms. The van der Waals surface area contributed by atoms with Gasteiger partial charge in [-0.3, -0.25) is 9.59 Å². The second kappa shape index (κ2) is 10.3. The summed E-state index contributed by atoms with van der Waals surface area (Å²) in [5, 5.41) is 2.91. The fourth-order valence-corrected chi connectivity index (χ4v) is 3.98. The lowest BCUT2D eigenvalue weighted by atomic mass is 9.89. The number of nitrogens with one attached hydrogen (secondary N) is 1. The van der Waals surface area contributed by atoms with Gasteiger partial charge in [-0.15, -0.1) is 0 Å². The summed E-state index contributed by atoms with van der Waals surface area (Å²) in [7, 11) is 0. The highest BCUT2D eigenvalue weighted by Crippen LogP contribution is 2.25. The molecule has 166 valence electrons. The maximum Gasteiger partial charge on any atom is 0.306 e. The summed E-state index contributed by atoms with van der Waals surface area (Å²) >= 11 is 0. The van der Waals surface area contributed by atoms with Crippen LogP contribution in [0.15, 0.2) is 59.1 Å². The van der Waals surface area contributed by atoms with Crippen LogP contribution in [0.2, 0.25) is 0 Å². The molecule has 6 nitrogen and oxygen atoms in total. The average molecular weight is 433 g/mol. The van der Waals surface area contributed by atoms with Gasteiger partial charge in [-0.2, -0.15) is 0 Å². The number of hydrogen-bond acceptors (Lipinski definition) is 5. The first-order valence-electron chi connectivity index (χ1n) is 11.2. The van der Waals surface area contributed by atoms with Crippen molar-refractivity contribution in [3.05, 3.63) is 77.3 Å². The maximum atomic E-state index is 12.2. The van der Waals surface area contributed by atoms with Gasteiger partial charge in [0.25, 0.3) is 5.91 Å². The van der Waals surface area contributed by atoms with E-state index in [0.29, 0.717) is 18.1 Å². The third-order valence-electron chi connectivity index (χ3n) is 5.77. The zero-order valence-electron chi connectivity index (χ0n) is 18.3. The number of ether oxygens (including phenoxy) is 1. The number of rotatable bonds is 8. The van der Waals surface area contributed by atoms with Crippen molar-refractivity contribution >= 4 is 11.9 Å². The molecule has 1 aliphatic rings. The minimum Gasteiger partial charge on any atom is -0.456 e. The first kappa shape index (κ1) is 21.8. The van der Waals surface area contributed by atoms with Gasteiger partial charge in [0.2, 0.25) is 0 Å². The molecule has 0 fully saturated rings. The van der Waals surface area contributed by atoms with Crippen LogP contribution in [0.3, 0.4) is 0 Å². The van der Waals surface area contributed by atoms with Crippen molar-refractivity contribution < 1.29 is 18.7 Å². The minimum absolute atomic E-state index is 0.0996. The summed E-state index contributed by atoms with van der Waals surface area (Å²) < 4.78 is 10.8. The van der Waals surface area contributed by atoms with Crippen molar-refractivity contribution in [1.82, 2.24) is 10.3 Å². The summed E-state index contributed by atoms with van der Waals surface area (Å²) in [6.07, 6.45) is 6.75. The topological polar surface area (TPSA) is 81.4 Å². The third-order valence-corrected chi connectivity index (χ3v) is 5.77. The Morgan fingerprint density at radius 1 is 1.09 bits per heavy atom. The van der Waals surface area contributed by atoms with Crippen molar-refractivity contribution in [2.75, 3.05) is 6.61 Å². The van der Waals surface area contributed by atoms with Crippen LogP contribution >= 0.6 is 0 Å². The van der Waals surface area contributed by atoms with E-state index in [9.17, 15) is 9.59 Å². The van der Waals surface area contributed by atoms with Crippen LogP contribution < -0.4 is 5.32 Å². The third kappa shape index (κ3) is 5.63. The Morgan fingerprint density at radius 2 is 1.88 bits per heavy atom. The molecule has 1 heterocycles. The van der Waals surface area contributed by atoms with Gasteiger partial charge in [0.05, 0.1) is 18.7 Å². The average Bonchev–Trinajstić information content (AvgIpc) is 3.31. The number of nitrogens with zero attached hydrogens (tertiary/aromatic N) is 1. The van der Waals surface area contributed by atoms with E-state index in [-0.39, 0.29) is 25.0 Å². The van der Waals surface area contributed by atoms with E-state index >= 15 is 0 Å². The lowest BCUT2D eigenvalue weighted by Gasteiger charge is -2.20. The Kier molecular flexibility index (Phi) is 7.00. The highest BCUT2D eigenvalue weighted by molar-refractivity contribution is 5.80. The summed E-state index contributed by atoms with van der Waals surface area (Å²) in [5.41, 5.74) is 4.79. The summed E-state index contributed by atoms with van der Waals surface area (Å²) in [5.74, 6) is 0.350. The van der Waals surface area contributed by atoms with E-state index in [2.05, 4.69) is 28.5 Å². The maximum absolute atomic E-state index is 12.2. The number of hydrogen-bond donors (Lipinski definition) is 1. The first-order chi connectivity index (χ1) is 15.6. The molecule has 1 amide bonds. The number of oxazole rings is 1. The molecular formula is C26H28N2O4. The van der Waals surface area contributed by atoms with Crippen molar-refractivity contribution in [2.45, 2.75) is 51.5 Å². The molecule has 1 aromatic heterocycles. The largest absolute Gasteiger partial charge is 0.456 e. The number of esters is 1. The van der Waals surface area contributed by atoms with E-state index in [1.807, 2.05) is 37.3 Å². The molecule has 0 spiro atoms. The van der Waals surface area contributed by atoms with E-state index < -0.39 is 5.97 Å². The molecule has 1 atom stereocenters. The highest BCUT2D eigenvalue weighted by Gasteiger charge is 2.16. The van der Waals surface area contributed by atoms with Crippen LogP contribution in [0.5, 0.6) is 0 Å².